The van der Waals surface area contributed by atoms with Gasteiger partial charge in [-0.15, -0.1) is 0 Å². The third kappa shape index (κ3) is 2.42. The predicted molar refractivity (Wildman–Crippen MR) is 76.2 cm³/mol. The Balaban J connectivity index is 2.31. The number of aryl methyl sites for hydroxylation is 1. The van der Waals surface area contributed by atoms with Crippen LogP contribution in [0.3, 0.4) is 0 Å². The molecular formula is C15H22ClNO. The van der Waals surface area contributed by atoms with Gasteiger partial charge in [-0.3, -0.25) is 0 Å². The van der Waals surface area contributed by atoms with Crippen LogP contribution in [0.25, 0.3) is 0 Å². The van der Waals surface area contributed by atoms with Crippen molar-refractivity contribution in [2.45, 2.75) is 44.8 Å². The number of hydrogen-bond donors (Lipinski definition) is 1. The Morgan fingerprint density at radius 3 is 2.61 bits per heavy atom. The molecule has 3 heteroatoms. The summed E-state index contributed by atoms with van der Waals surface area (Å²) in [6.45, 7) is 5.09. The lowest BCUT2D eigenvalue weighted by Crippen LogP contribution is -2.50. The van der Waals surface area contributed by atoms with Crippen LogP contribution in [0.2, 0.25) is 5.02 Å². The van der Waals surface area contributed by atoms with Crippen molar-refractivity contribution < 1.29 is 4.74 Å². The van der Waals surface area contributed by atoms with Crippen molar-refractivity contribution in [3.8, 4) is 0 Å². The molecule has 0 amide bonds. The number of halogens is 1. The van der Waals surface area contributed by atoms with Gasteiger partial charge in [0.15, 0.2) is 0 Å². The summed E-state index contributed by atoms with van der Waals surface area (Å²) in [4.78, 5) is 0. The normalized spacial score (nSPS) is 19.3. The van der Waals surface area contributed by atoms with Gasteiger partial charge >= 0.3 is 0 Å². The SMILES string of the molecule is CCNC(c1ccc(C)c(Cl)c1)C1(OC)CCC1. The van der Waals surface area contributed by atoms with E-state index < -0.39 is 0 Å². The van der Waals surface area contributed by atoms with Crippen LogP contribution < -0.4 is 5.32 Å². The molecule has 18 heavy (non-hydrogen) atoms. The van der Waals surface area contributed by atoms with Crippen molar-refractivity contribution in [2.24, 2.45) is 0 Å². The molecule has 1 saturated carbocycles. The smallest absolute Gasteiger partial charge is 0.0872 e. The van der Waals surface area contributed by atoms with Gasteiger partial charge in [-0.05, 0) is 49.9 Å². The van der Waals surface area contributed by atoms with Crippen molar-refractivity contribution in [2.75, 3.05) is 13.7 Å². The first-order valence-corrected chi connectivity index (χ1v) is 7.05. The number of benzene rings is 1. The lowest BCUT2D eigenvalue weighted by Gasteiger charge is -2.47. The van der Waals surface area contributed by atoms with E-state index in [1.165, 1.54) is 12.0 Å². The number of hydrogen-bond acceptors (Lipinski definition) is 2. The van der Waals surface area contributed by atoms with E-state index in [1.54, 1.807) is 0 Å². The zero-order valence-corrected chi connectivity index (χ0v) is 12.2. The van der Waals surface area contributed by atoms with Gasteiger partial charge in [0.25, 0.3) is 0 Å². The Hall–Kier alpha value is -0.570. The summed E-state index contributed by atoms with van der Waals surface area (Å²) in [5.74, 6) is 0. The maximum Gasteiger partial charge on any atom is 0.0872 e. The zero-order valence-electron chi connectivity index (χ0n) is 11.4. The number of rotatable bonds is 5. The molecule has 0 saturated heterocycles. The van der Waals surface area contributed by atoms with Gasteiger partial charge < -0.3 is 10.1 Å². The van der Waals surface area contributed by atoms with Gasteiger partial charge in [-0.25, -0.2) is 0 Å². The van der Waals surface area contributed by atoms with Crippen molar-refractivity contribution in [3.63, 3.8) is 0 Å². The number of methoxy groups -OCH3 is 1. The summed E-state index contributed by atoms with van der Waals surface area (Å²) in [7, 11) is 1.82. The zero-order chi connectivity index (χ0) is 13.2. The topological polar surface area (TPSA) is 21.3 Å². The highest BCUT2D eigenvalue weighted by Crippen LogP contribution is 2.45. The Kier molecular flexibility index (Phi) is 4.31. The average molecular weight is 268 g/mol. The molecule has 1 aromatic rings. The first-order chi connectivity index (χ1) is 8.63. The molecule has 1 aliphatic carbocycles. The molecule has 1 unspecified atom stereocenters. The van der Waals surface area contributed by atoms with Gasteiger partial charge in [0.1, 0.15) is 0 Å². The maximum atomic E-state index is 6.24. The molecule has 100 valence electrons. The molecule has 1 aliphatic rings. The number of likely N-dealkylation sites (N-methyl/N-ethyl adjacent to an activating group) is 1. The van der Waals surface area contributed by atoms with Crippen LogP contribution in [0.5, 0.6) is 0 Å². The van der Waals surface area contributed by atoms with Crippen LogP contribution >= 0.6 is 11.6 Å². The molecule has 0 spiro atoms. The third-order valence-electron chi connectivity index (χ3n) is 4.07. The molecule has 1 N–H and O–H groups in total. The fraction of sp³-hybridized carbons (Fsp3) is 0.600. The van der Waals surface area contributed by atoms with E-state index in [0.29, 0.717) is 0 Å². The van der Waals surface area contributed by atoms with Crippen LogP contribution in [-0.2, 0) is 4.74 Å². The Morgan fingerprint density at radius 1 is 1.44 bits per heavy atom. The number of ether oxygens (including phenoxy) is 1. The molecule has 0 aliphatic heterocycles. The van der Waals surface area contributed by atoms with E-state index in [0.717, 1.165) is 30.0 Å². The summed E-state index contributed by atoms with van der Waals surface area (Å²) >= 11 is 6.24. The second-order valence-electron chi connectivity index (χ2n) is 5.12. The van der Waals surface area contributed by atoms with Crippen molar-refractivity contribution in [3.05, 3.63) is 34.3 Å². The van der Waals surface area contributed by atoms with Crippen molar-refractivity contribution in [1.82, 2.24) is 5.32 Å². The fourth-order valence-electron chi connectivity index (χ4n) is 2.74. The lowest BCUT2D eigenvalue weighted by atomic mass is 9.72. The first-order valence-electron chi connectivity index (χ1n) is 6.67. The van der Waals surface area contributed by atoms with Gasteiger partial charge in [0.2, 0.25) is 0 Å². The summed E-state index contributed by atoms with van der Waals surface area (Å²) in [5.41, 5.74) is 2.30. The molecule has 1 atom stereocenters. The highest BCUT2D eigenvalue weighted by molar-refractivity contribution is 6.31. The van der Waals surface area contributed by atoms with Crippen LogP contribution in [0.1, 0.15) is 43.4 Å². The largest absolute Gasteiger partial charge is 0.376 e. The summed E-state index contributed by atoms with van der Waals surface area (Å²) in [6, 6.07) is 6.56. The summed E-state index contributed by atoms with van der Waals surface area (Å²) in [5, 5.41) is 4.39. The van der Waals surface area contributed by atoms with Gasteiger partial charge in [0, 0.05) is 12.1 Å². The number of nitrogens with one attached hydrogen (secondary N) is 1. The quantitative estimate of drug-likeness (QED) is 0.875. The molecule has 2 rings (SSSR count). The van der Waals surface area contributed by atoms with E-state index in [2.05, 4.69) is 30.4 Å². The highest BCUT2D eigenvalue weighted by Gasteiger charge is 2.44. The molecule has 0 heterocycles. The second kappa shape index (κ2) is 5.60. The van der Waals surface area contributed by atoms with Crippen molar-refractivity contribution in [1.29, 1.82) is 0 Å². The molecule has 2 nitrogen and oxygen atoms in total. The second-order valence-corrected chi connectivity index (χ2v) is 5.53. The van der Waals surface area contributed by atoms with Crippen LogP contribution in [0.15, 0.2) is 18.2 Å². The van der Waals surface area contributed by atoms with Gasteiger partial charge in [0.05, 0.1) is 11.6 Å². The minimum Gasteiger partial charge on any atom is -0.376 e. The minimum absolute atomic E-state index is 0.0470. The van der Waals surface area contributed by atoms with Crippen LogP contribution in [-0.4, -0.2) is 19.3 Å². The molecular weight excluding hydrogens is 246 g/mol. The van der Waals surface area contributed by atoms with Gasteiger partial charge in [-0.2, -0.15) is 0 Å². The summed E-state index contributed by atoms with van der Waals surface area (Å²) in [6.07, 6.45) is 3.48. The van der Waals surface area contributed by atoms with Crippen molar-refractivity contribution >= 4 is 11.6 Å². The van der Waals surface area contributed by atoms with E-state index in [4.69, 9.17) is 16.3 Å². The van der Waals surface area contributed by atoms with E-state index >= 15 is 0 Å². The average Bonchev–Trinajstić information content (AvgIpc) is 2.31. The first kappa shape index (κ1) is 13.9. The Morgan fingerprint density at radius 2 is 2.17 bits per heavy atom. The van der Waals surface area contributed by atoms with E-state index in [-0.39, 0.29) is 11.6 Å². The lowest BCUT2D eigenvalue weighted by molar-refractivity contribution is -0.0995. The fourth-order valence-corrected chi connectivity index (χ4v) is 2.93. The minimum atomic E-state index is -0.0470. The molecule has 1 aromatic carbocycles. The third-order valence-corrected chi connectivity index (χ3v) is 4.48. The standard InChI is InChI=1S/C15H22ClNO/c1-4-17-14(15(18-3)8-5-9-15)12-7-6-11(2)13(16)10-12/h6-7,10,14,17H,4-5,8-9H2,1-3H3. The predicted octanol–water partition coefficient (Wildman–Crippen LogP) is 3.87. The monoisotopic (exact) mass is 267 g/mol. The Bertz CT molecular complexity index is 409. The molecule has 0 aromatic heterocycles. The highest BCUT2D eigenvalue weighted by atomic mass is 35.5. The summed E-state index contributed by atoms with van der Waals surface area (Å²) < 4.78 is 5.81. The maximum absolute atomic E-state index is 6.24. The van der Waals surface area contributed by atoms with Gasteiger partial charge in [-0.1, -0.05) is 30.7 Å². The van der Waals surface area contributed by atoms with Crippen LogP contribution in [0.4, 0.5) is 0 Å². The van der Waals surface area contributed by atoms with E-state index in [1.807, 2.05) is 14.0 Å². The Labute approximate surface area is 115 Å². The molecule has 1 fully saturated rings. The molecule has 0 radical (unpaired) electrons. The van der Waals surface area contributed by atoms with E-state index in [9.17, 15) is 0 Å². The molecule has 0 bridgehead atoms. The van der Waals surface area contributed by atoms with Crippen LogP contribution in [0, 0.1) is 6.92 Å².